The molecule has 0 unspecified atom stereocenters. The molecule has 124 valence electrons. The molecular formula is C18H14FN5O. The molecule has 2 N–H and O–H groups in total. The lowest BCUT2D eigenvalue weighted by Gasteiger charge is -2.05. The fourth-order valence-electron chi connectivity index (χ4n) is 2.68. The summed E-state index contributed by atoms with van der Waals surface area (Å²) in [5.74, 6) is -0.701. The highest BCUT2D eigenvalue weighted by molar-refractivity contribution is 6.05. The SMILES string of the molecule is Cn1cc(-c2c[nH]c3ncc(NC(=O)c4ccc(F)cc4)cc23)cn1. The number of pyridine rings is 1. The number of anilines is 1. The van der Waals surface area contributed by atoms with Crippen LogP contribution in [0.15, 0.2) is 55.1 Å². The Morgan fingerprint density at radius 1 is 1.24 bits per heavy atom. The number of nitrogens with one attached hydrogen (secondary N) is 2. The van der Waals surface area contributed by atoms with Gasteiger partial charge in [-0.2, -0.15) is 5.10 Å². The molecule has 0 saturated carbocycles. The molecule has 0 aliphatic heterocycles. The van der Waals surface area contributed by atoms with E-state index < -0.39 is 0 Å². The third kappa shape index (κ3) is 2.87. The summed E-state index contributed by atoms with van der Waals surface area (Å²) in [4.78, 5) is 19.7. The van der Waals surface area contributed by atoms with Crippen LogP contribution in [0.4, 0.5) is 10.1 Å². The summed E-state index contributed by atoms with van der Waals surface area (Å²) >= 11 is 0. The molecule has 3 heterocycles. The summed E-state index contributed by atoms with van der Waals surface area (Å²) in [6.45, 7) is 0. The number of H-pyrrole nitrogens is 1. The number of carbonyl (C=O) groups is 1. The Balaban J connectivity index is 1.66. The maximum atomic E-state index is 13.0. The number of benzene rings is 1. The fourth-order valence-corrected chi connectivity index (χ4v) is 2.68. The van der Waals surface area contributed by atoms with Gasteiger partial charge in [0.15, 0.2) is 0 Å². The third-order valence-electron chi connectivity index (χ3n) is 3.91. The van der Waals surface area contributed by atoms with E-state index >= 15 is 0 Å². The number of carbonyl (C=O) groups excluding carboxylic acids is 1. The van der Waals surface area contributed by atoms with Gasteiger partial charge in [0.2, 0.25) is 0 Å². The first kappa shape index (κ1) is 15.1. The number of hydrogen-bond acceptors (Lipinski definition) is 3. The van der Waals surface area contributed by atoms with Crippen LogP contribution >= 0.6 is 0 Å². The number of fused-ring (bicyclic) bond motifs is 1. The van der Waals surface area contributed by atoms with Crippen molar-refractivity contribution in [1.82, 2.24) is 19.7 Å². The number of aromatic nitrogens is 4. The molecule has 0 aliphatic rings. The average molecular weight is 335 g/mol. The Hall–Kier alpha value is -3.48. The first-order valence-electron chi connectivity index (χ1n) is 7.63. The van der Waals surface area contributed by atoms with Crippen LogP contribution in [0, 0.1) is 5.82 Å². The second-order valence-corrected chi connectivity index (χ2v) is 5.69. The number of nitrogens with zero attached hydrogens (tertiary/aromatic N) is 3. The zero-order valence-corrected chi connectivity index (χ0v) is 13.3. The number of halogens is 1. The van der Waals surface area contributed by atoms with Crippen LogP contribution in [-0.4, -0.2) is 25.7 Å². The van der Waals surface area contributed by atoms with E-state index in [4.69, 9.17) is 0 Å². The van der Waals surface area contributed by atoms with Crippen LogP contribution in [0.25, 0.3) is 22.2 Å². The fraction of sp³-hybridized carbons (Fsp3) is 0.0556. The van der Waals surface area contributed by atoms with E-state index in [0.29, 0.717) is 11.3 Å². The molecule has 1 amide bonds. The maximum Gasteiger partial charge on any atom is 0.255 e. The quantitative estimate of drug-likeness (QED) is 0.603. The predicted molar refractivity (Wildman–Crippen MR) is 92.6 cm³/mol. The molecule has 0 spiro atoms. The summed E-state index contributed by atoms with van der Waals surface area (Å²) in [6.07, 6.45) is 7.12. The predicted octanol–water partition coefficient (Wildman–Crippen LogP) is 3.35. The summed E-state index contributed by atoms with van der Waals surface area (Å²) in [7, 11) is 1.85. The van der Waals surface area contributed by atoms with Crippen molar-refractivity contribution in [3.05, 3.63) is 66.5 Å². The first-order chi connectivity index (χ1) is 12.1. The van der Waals surface area contributed by atoms with Crippen LogP contribution in [0.1, 0.15) is 10.4 Å². The van der Waals surface area contributed by atoms with Crippen molar-refractivity contribution in [2.45, 2.75) is 0 Å². The van der Waals surface area contributed by atoms with Gasteiger partial charge in [-0.3, -0.25) is 9.48 Å². The standard InChI is InChI=1S/C18H14FN5O/c1-24-10-12(7-22-24)16-9-21-17-15(16)6-14(8-20-17)23-18(25)11-2-4-13(19)5-3-11/h2-10H,1H3,(H,20,21)(H,23,25). The zero-order chi connectivity index (χ0) is 17.4. The van der Waals surface area contributed by atoms with Crippen molar-refractivity contribution in [3.63, 3.8) is 0 Å². The molecule has 3 aromatic heterocycles. The number of amides is 1. The van der Waals surface area contributed by atoms with E-state index in [1.165, 1.54) is 24.3 Å². The van der Waals surface area contributed by atoms with Gasteiger partial charge in [0.25, 0.3) is 5.91 Å². The largest absolute Gasteiger partial charge is 0.346 e. The minimum absolute atomic E-state index is 0.320. The highest BCUT2D eigenvalue weighted by atomic mass is 19.1. The van der Waals surface area contributed by atoms with Gasteiger partial charge in [-0.05, 0) is 30.3 Å². The van der Waals surface area contributed by atoms with Crippen LogP contribution in [-0.2, 0) is 7.05 Å². The molecule has 1 aromatic carbocycles. The highest BCUT2D eigenvalue weighted by Gasteiger charge is 2.11. The molecule has 0 aliphatic carbocycles. The average Bonchev–Trinajstić information content (AvgIpc) is 3.21. The van der Waals surface area contributed by atoms with E-state index in [-0.39, 0.29) is 11.7 Å². The van der Waals surface area contributed by atoms with Crippen molar-refractivity contribution in [3.8, 4) is 11.1 Å². The first-order valence-corrected chi connectivity index (χ1v) is 7.63. The lowest BCUT2D eigenvalue weighted by atomic mass is 10.1. The van der Waals surface area contributed by atoms with E-state index in [0.717, 1.165) is 22.2 Å². The molecular weight excluding hydrogens is 321 g/mol. The molecule has 4 aromatic rings. The topological polar surface area (TPSA) is 75.6 Å². The number of rotatable bonds is 3. The highest BCUT2D eigenvalue weighted by Crippen LogP contribution is 2.29. The van der Waals surface area contributed by atoms with E-state index in [1.54, 1.807) is 17.1 Å². The van der Waals surface area contributed by atoms with Crippen LogP contribution in [0.5, 0.6) is 0 Å². The van der Waals surface area contributed by atoms with Gasteiger partial charge in [0.05, 0.1) is 18.1 Å². The Morgan fingerprint density at radius 2 is 2.04 bits per heavy atom. The molecule has 4 rings (SSSR count). The van der Waals surface area contributed by atoms with Gasteiger partial charge in [0.1, 0.15) is 11.5 Å². The maximum absolute atomic E-state index is 13.0. The van der Waals surface area contributed by atoms with Gasteiger partial charge >= 0.3 is 0 Å². The normalized spacial score (nSPS) is 11.0. The van der Waals surface area contributed by atoms with E-state index in [2.05, 4.69) is 20.4 Å². The second-order valence-electron chi connectivity index (χ2n) is 5.69. The van der Waals surface area contributed by atoms with Crippen molar-refractivity contribution in [2.24, 2.45) is 7.05 Å². The third-order valence-corrected chi connectivity index (χ3v) is 3.91. The van der Waals surface area contributed by atoms with Crippen LogP contribution in [0.2, 0.25) is 0 Å². The summed E-state index contributed by atoms with van der Waals surface area (Å²) in [5.41, 5.74) is 3.57. The Kier molecular flexibility index (Phi) is 3.53. The van der Waals surface area contributed by atoms with E-state index in [1.807, 2.05) is 25.5 Å². The lowest BCUT2D eigenvalue weighted by Crippen LogP contribution is -2.11. The second kappa shape index (κ2) is 5.86. The van der Waals surface area contributed by atoms with Crippen molar-refractivity contribution in [1.29, 1.82) is 0 Å². The number of hydrogen-bond donors (Lipinski definition) is 2. The van der Waals surface area contributed by atoms with Gasteiger partial charge in [-0.25, -0.2) is 9.37 Å². The van der Waals surface area contributed by atoms with E-state index in [9.17, 15) is 9.18 Å². The van der Waals surface area contributed by atoms with Gasteiger partial charge in [-0.1, -0.05) is 0 Å². The Morgan fingerprint density at radius 3 is 2.76 bits per heavy atom. The summed E-state index contributed by atoms with van der Waals surface area (Å²) in [6, 6.07) is 7.23. The molecule has 0 fully saturated rings. The molecule has 0 saturated heterocycles. The summed E-state index contributed by atoms with van der Waals surface area (Å²) in [5, 5.41) is 7.84. The van der Waals surface area contributed by atoms with Gasteiger partial charge in [0, 0.05) is 41.5 Å². The lowest BCUT2D eigenvalue weighted by molar-refractivity contribution is 0.102. The molecule has 6 nitrogen and oxygen atoms in total. The van der Waals surface area contributed by atoms with Crippen molar-refractivity contribution in [2.75, 3.05) is 5.32 Å². The number of aryl methyl sites for hydroxylation is 1. The number of aromatic amines is 1. The summed E-state index contributed by atoms with van der Waals surface area (Å²) < 4.78 is 14.7. The molecule has 0 atom stereocenters. The van der Waals surface area contributed by atoms with Crippen LogP contribution < -0.4 is 5.32 Å². The van der Waals surface area contributed by atoms with Crippen LogP contribution in [0.3, 0.4) is 0 Å². The zero-order valence-electron chi connectivity index (χ0n) is 13.3. The van der Waals surface area contributed by atoms with Gasteiger partial charge < -0.3 is 10.3 Å². The monoisotopic (exact) mass is 335 g/mol. The van der Waals surface area contributed by atoms with Crippen molar-refractivity contribution >= 4 is 22.6 Å². The Bertz CT molecular complexity index is 1060. The van der Waals surface area contributed by atoms with Crippen molar-refractivity contribution < 1.29 is 9.18 Å². The molecule has 25 heavy (non-hydrogen) atoms. The minimum Gasteiger partial charge on any atom is -0.346 e. The van der Waals surface area contributed by atoms with Gasteiger partial charge in [-0.15, -0.1) is 0 Å². The molecule has 7 heteroatoms. The Labute approximate surface area is 142 Å². The molecule has 0 radical (unpaired) electrons. The minimum atomic E-state index is -0.381. The smallest absolute Gasteiger partial charge is 0.255 e. The molecule has 0 bridgehead atoms.